The van der Waals surface area contributed by atoms with Crippen molar-refractivity contribution in [3.8, 4) is 5.75 Å². The van der Waals surface area contributed by atoms with Gasteiger partial charge in [0.25, 0.3) is 5.91 Å². The summed E-state index contributed by atoms with van der Waals surface area (Å²) in [6, 6.07) is 11.7. The Balaban J connectivity index is 1.10. The van der Waals surface area contributed by atoms with Gasteiger partial charge in [0.1, 0.15) is 11.6 Å². The molecule has 3 aliphatic rings. The number of rotatable bonds is 7. The van der Waals surface area contributed by atoms with Gasteiger partial charge in [-0.3, -0.25) is 29.4 Å². The van der Waals surface area contributed by atoms with E-state index >= 15 is 4.39 Å². The van der Waals surface area contributed by atoms with Gasteiger partial charge in [-0.05, 0) is 55.2 Å². The van der Waals surface area contributed by atoms with Gasteiger partial charge in [-0.2, -0.15) is 0 Å². The number of nitrogens with one attached hydrogen (secondary N) is 2. The lowest BCUT2D eigenvalue weighted by molar-refractivity contribution is -0.135. The van der Waals surface area contributed by atoms with E-state index in [0.717, 1.165) is 12.8 Å². The van der Waals surface area contributed by atoms with Gasteiger partial charge in [0, 0.05) is 57.3 Å². The van der Waals surface area contributed by atoms with Crippen molar-refractivity contribution in [2.45, 2.75) is 37.6 Å². The Bertz CT molecular complexity index is 1310. The summed E-state index contributed by atoms with van der Waals surface area (Å²) in [6.07, 6.45) is 2.25. The quantitative estimate of drug-likeness (QED) is 0.494. The maximum atomic E-state index is 15.1. The largest absolute Gasteiger partial charge is 0.497 e. The fourth-order valence-corrected chi connectivity index (χ4v) is 5.80. The van der Waals surface area contributed by atoms with Gasteiger partial charge in [0.15, 0.2) is 0 Å². The molecule has 10 nitrogen and oxygen atoms in total. The van der Waals surface area contributed by atoms with E-state index in [1.807, 2.05) is 9.80 Å². The number of hydrogen-bond acceptors (Lipinski definition) is 7. The lowest BCUT2D eigenvalue weighted by atomic mass is 9.90. The number of amides is 4. The first-order chi connectivity index (χ1) is 19.8. The van der Waals surface area contributed by atoms with Crippen LogP contribution in [0.1, 0.15) is 47.5 Å². The standard InChI is InChI=1S/C30H36FN5O5/c1-41-23-6-2-4-21(16-23)29(39)32-22-5-3-11-36(18-22)28(38)19-34-12-14-35(15-13-34)26-9-7-20(17-25(26)31)24-8-10-27(37)33-30(24)40/h2,4,6-7,9,16-17,22,24H,3,5,8,10-15,18-19H2,1H3,(H,32,39)(H,33,37,40). The van der Waals surface area contributed by atoms with Crippen molar-refractivity contribution in [1.82, 2.24) is 20.4 Å². The molecule has 218 valence electrons. The summed E-state index contributed by atoms with van der Waals surface area (Å²) in [5.74, 6) is -1.14. The lowest BCUT2D eigenvalue weighted by Crippen LogP contribution is -2.54. The highest BCUT2D eigenvalue weighted by Gasteiger charge is 2.30. The van der Waals surface area contributed by atoms with Gasteiger partial charge in [-0.15, -0.1) is 0 Å². The molecule has 2 atom stereocenters. The summed E-state index contributed by atoms with van der Waals surface area (Å²) in [5, 5.41) is 5.37. The number of nitrogens with zero attached hydrogens (tertiary/aromatic N) is 3. The van der Waals surface area contributed by atoms with Crippen LogP contribution < -0.4 is 20.3 Å². The maximum Gasteiger partial charge on any atom is 0.251 e. The molecule has 0 aliphatic carbocycles. The highest BCUT2D eigenvalue weighted by atomic mass is 19.1. The van der Waals surface area contributed by atoms with Crippen LogP contribution in [0.2, 0.25) is 0 Å². The third-order valence-electron chi connectivity index (χ3n) is 8.13. The second-order valence-electron chi connectivity index (χ2n) is 10.9. The minimum atomic E-state index is -0.524. The van der Waals surface area contributed by atoms with Crippen LogP contribution >= 0.6 is 0 Å². The van der Waals surface area contributed by atoms with Gasteiger partial charge in [-0.25, -0.2) is 4.39 Å². The Morgan fingerprint density at radius 3 is 2.59 bits per heavy atom. The number of carbonyl (C=O) groups is 4. The number of anilines is 1. The third-order valence-corrected chi connectivity index (χ3v) is 8.13. The van der Waals surface area contributed by atoms with E-state index in [0.29, 0.717) is 68.3 Å². The molecule has 3 fully saturated rings. The van der Waals surface area contributed by atoms with Crippen molar-refractivity contribution in [1.29, 1.82) is 0 Å². The van der Waals surface area contributed by atoms with Gasteiger partial charge in [-0.1, -0.05) is 12.1 Å². The van der Waals surface area contributed by atoms with E-state index in [9.17, 15) is 19.2 Å². The number of methoxy groups -OCH3 is 1. The molecule has 11 heteroatoms. The summed E-state index contributed by atoms with van der Waals surface area (Å²) in [4.78, 5) is 55.3. The predicted molar refractivity (Wildman–Crippen MR) is 150 cm³/mol. The van der Waals surface area contributed by atoms with Crippen LogP contribution in [0.15, 0.2) is 42.5 Å². The van der Waals surface area contributed by atoms with Crippen molar-refractivity contribution in [2.75, 3.05) is 57.8 Å². The average molecular weight is 566 g/mol. The van der Waals surface area contributed by atoms with Crippen LogP contribution in [0.4, 0.5) is 10.1 Å². The summed E-state index contributed by atoms with van der Waals surface area (Å²) in [7, 11) is 1.56. The van der Waals surface area contributed by atoms with Gasteiger partial charge in [0.2, 0.25) is 17.7 Å². The number of ether oxygens (including phenoxy) is 1. The van der Waals surface area contributed by atoms with Crippen LogP contribution in [-0.4, -0.2) is 92.4 Å². The number of piperidine rings is 2. The number of likely N-dealkylation sites (tertiary alicyclic amines) is 1. The Morgan fingerprint density at radius 1 is 1.05 bits per heavy atom. The molecule has 41 heavy (non-hydrogen) atoms. The zero-order valence-corrected chi connectivity index (χ0v) is 23.2. The number of piperazine rings is 1. The molecule has 2 unspecified atom stereocenters. The first-order valence-corrected chi connectivity index (χ1v) is 14.1. The van der Waals surface area contributed by atoms with Crippen molar-refractivity contribution in [3.63, 3.8) is 0 Å². The molecule has 2 aromatic rings. The molecule has 5 rings (SSSR count). The number of benzene rings is 2. The molecule has 0 spiro atoms. The second kappa shape index (κ2) is 12.7. The molecule has 2 N–H and O–H groups in total. The summed E-state index contributed by atoms with van der Waals surface area (Å²) < 4.78 is 20.3. The molecule has 3 saturated heterocycles. The van der Waals surface area contributed by atoms with E-state index in [4.69, 9.17) is 4.74 Å². The Morgan fingerprint density at radius 2 is 1.85 bits per heavy atom. The monoisotopic (exact) mass is 565 g/mol. The van der Waals surface area contributed by atoms with Gasteiger partial charge < -0.3 is 19.9 Å². The minimum absolute atomic E-state index is 0.0264. The molecule has 0 aromatic heterocycles. The van der Waals surface area contributed by atoms with Crippen molar-refractivity contribution < 1.29 is 28.3 Å². The topological polar surface area (TPSA) is 111 Å². The van der Waals surface area contributed by atoms with Crippen LogP contribution in [0.3, 0.4) is 0 Å². The molecule has 4 amide bonds. The van der Waals surface area contributed by atoms with Crippen LogP contribution in [0, 0.1) is 5.82 Å². The van der Waals surface area contributed by atoms with Gasteiger partial charge in [0.05, 0.1) is 25.3 Å². The van der Waals surface area contributed by atoms with E-state index in [-0.39, 0.29) is 42.6 Å². The highest BCUT2D eigenvalue weighted by molar-refractivity contribution is 6.01. The molecule has 3 aliphatic heterocycles. The van der Waals surface area contributed by atoms with Crippen molar-refractivity contribution in [2.24, 2.45) is 0 Å². The zero-order chi connectivity index (χ0) is 28.9. The highest BCUT2D eigenvalue weighted by Crippen LogP contribution is 2.29. The van der Waals surface area contributed by atoms with E-state index in [2.05, 4.69) is 15.5 Å². The Kier molecular flexibility index (Phi) is 8.82. The molecular formula is C30H36FN5O5. The third kappa shape index (κ3) is 6.84. The number of imide groups is 1. The SMILES string of the molecule is COc1cccc(C(=O)NC2CCCN(C(=O)CN3CCN(c4ccc(C5CCC(=O)NC5=O)cc4F)CC3)C2)c1. The van der Waals surface area contributed by atoms with Crippen LogP contribution in [0.5, 0.6) is 5.75 Å². The molecule has 2 aromatic carbocycles. The fourth-order valence-electron chi connectivity index (χ4n) is 5.80. The number of carbonyl (C=O) groups excluding carboxylic acids is 4. The molecule has 0 radical (unpaired) electrons. The molecular weight excluding hydrogens is 529 g/mol. The second-order valence-corrected chi connectivity index (χ2v) is 10.9. The summed E-state index contributed by atoms with van der Waals surface area (Å²) in [5.41, 5.74) is 1.56. The van der Waals surface area contributed by atoms with Crippen molar-refractivity contribution in [3.05, 3.63) is 59.4 Å². The van der Waals surface area contributed by atoms with Crippen LogP contribution in [-0.2, 0) is 14.4 Å². The summed E-state index contributed by atoms with van der Waals surface area (Å²) in [6.45, 7) is 3.78. The predicted octanol–water partition coefficient (Wildman–Crippen LogP) is 1.90. The smallest absolute Gasteiger partial charge is 0.251 e. The first kappa shape index (κ1) is 28.5. The van der Waals surface area contributed by atoms with E-state index in [1.165, 1.54) is 6.07 Å². The van der Waals surface area contributed by atoms with Crippen LogP contribution in [0.25, 0.3) is 0 Å². The molecule has 0 saturated carbocycles. The zero-order valence-electron chi connectivity index (χ0n) is 23.2. The van der Waals surface area contributed by atoms with Gasteiger partial charge >= 0.3 is 0 Å². The summed E-state index contributed by atoms with van der Waals surface area (Å²) >= 11 is 0. The molecule has 0 bridgehead atoms. The maximum absolute atomic E-state index is 15.1. The van der Waals surface area contributed by atoms with E-state index in [1.54, 1.807) is 43.5 Å². The lowest BCUT2D eigenvalue weighted by Gasteiger charge is -2.38. The number of halogens is 1. The average Bonchev–Trinajstić information content (AvgIpc) is 2.98. The fraction of sp³-hybridized carbons (Fsp3) is 0.467. The first-order valence-electron chi connectivity index (χ1n) is 14.1. The Labute approximate surface area is 238 Å². The normalized spacial score (nSPS) is 21.8. The molecule has 3 heterocycles. The van der Waals surface area contributed by atoms with Crippen molar-refractivity contribution >= 4 is 29.3 Å². The number of hydrogen-bond donors (Lipinski definition) is 2. The minimum Gasteiger partial charge on any atom is -0.497 e. The Hall–Kier alpha value is -3.99. The van der Waals surface area contributed by atoms with E-state index < -0.39 is 11.7 Å².